The molecule has 0 bridgehead atoms. The Hall–Kier alpha value is -2.68. The van der Waals surface area contributed by atoms with Gasteiger partial charge in [0.05, 0.1) is 31.9 Å². The minimum atomic E-state index is -0.647. The number of rotatable bonds is 6. The first-order valence-electron chi connectivity index (χ1n) is 10.3. The lowest BCUT2D eigenvalue weighted by Crippen LogP contribution is -2.42. The van der Waals surface area contributed by atoms with Crippen molar-refractivity contribution in [3.8, 4) is 5.75 Å². The van der Waals surface area contributed by atoms with E-state index >= 15 is 0 Å². The number of ether oxygens (including phenoxy) is 2. The number of methoxy groups -OCH3 is 1. The molecular weight excluding hydrogens is 416 g/mol. The van der Waals surface area contributed by atoms with Gasteiger partial charge in [-0.25, -0.2) is 0 Å². The SMILES string of the molecule is COc1ccc(C(O)=C2C(=O)C(=O)N(CCN3CCOCC3)C2c2cccs2)cc1C. The molecule has 7 nitrogen and oxygen atoms in total. The maximum absolute atomic E-state index is 13.0. The second-order valence-electron chi connectivity index (χ2n) is 7.65. The molecule has 2 saturated heterocycles. The second kappa shape index (κ2) is 9.21. The number of carbonyl (C=O) groups excluding carboxylic acids is 2. The second-order valence-corrected chi connectivity index (χ2v) is 8.63. The van der Waals surface area contributed by atoms with Crippen molar-refractivity contribution in [2.75, 3.05) is 46.5 Å². The zero-order valence-corrected chi connectivity index (χ0v) is 18.5. The van der Waals surface area contributed by atoms with E-state index in [0.29, 0.717) is 37.6 Å². The van der Waals surface area contributed by atoms with E-state index in [1.54, 1.807) is 30.2 Å². The number of benzene rings is 1. The third-order valence-electron chi connectivity index (χ3n) is 5.78. The predicted molar refractivity (Wildman–Crippen MR) is 118 cm³/mol. The van der Waals surface area contributed by atoms with E-state index in [0.717, 1.165) is 23.5 Å². The molecule has 1 aromatic heterocycles. The Labute approximate surface area is 185 Å². The van der Waals surface area contributed by atoms with Crippen molar-refractivity contribution in [2.45, 2.75) is 13.0 Å². The van der Waals surface area contributed by atoms with E-state index in [4.69, 9.17) is 9.47 Å². The minimum Gasteiger partial charge on any atom is -0.507 e. The van der Waals surface area contributed by atoms with E-state index in [1.807, 2.05) is 24.4 Å². The standard InChI is InChI=1S/C23H26N2O5S/c1-15-14-16(5-6-17(15)29-2)21(26)19-20(18-4-3-13-31-18)25(23(28)22(19)27)8-7-24-9-11-30-12-10-24/h3-6,13-14,20,26H,7-12H2,1-2H3. The molecule has 0 spiro atoms. The van der Waals surface area contributed by atoms with Gasteiger partial charge in [-0.05, 0) is 42.1 Å². The van der Waals surface area contributed by atoms with Crippen LogP contribution in [0.15, 0.2) is 41.3 Å². The highest BCUT2D eigenvalue weighted by Gasteiger charge is 2.46. The van der Waals surface area contributed by atoms with Crippen LogP contribution in [0.3, 0.4) is 0 Å². The van der Waals surface area contributed by atoms with E-state index < -0.39 is 17.7 Å². The van der Waals surface area contributed by atoms with Crippen molar-refractivity contribution < 1.29 is 24.2 Å². The number of aryl methyl sites for hydroxylation is 1. The van der Waals surface area contributed by atoms with Crippen LogP contribution in [0.1, 0.15) is 22.0 Å². The topological polar surface area (TPSA) is 79.3 Å². The van der Waals surface area contributed by atoms with Gasteiger partial charge in [-0.2, -0.15) is 0 Å². The Morgan fingerprint density at radius 3 is 2.65 bits per heavy atom. The van der Waals surface area contributed by atoms with E-state index in [9.17, 15) is 14.7 Å². The zero-order chi connectivity index (χ0) is 22.0. The average molecular weight is 443 g/mol. The first kappa shape index (κ1) is 21.5. The molecule has 1 N–H and O–H groups in total. The number of likely N-dealkylation sites (tertiary alicyclic amines) is 1. The Kier molecular flexibility index (Phi) is 6.41. The van der Waals surface area contributed by atoms with Crippen LogP contribution in [0.4, 0.5) is 0 Å². The van der Waals surface area contributed by atoms with Crippen LogP contribution < -0.4 is 4.74 Å². The molecule has 1 aromatic carbocycles. The first-order chi connectivity index (χ1) is 15.0. The van der Waals surface area contributed by atoms with Crippen LogP contribution in [-0.4, -0.2) is 73.1 Å². The van der Waals surface area contributed by atoms with Gasteiger partial charge < -0.3 is 19.5 Å². The third-order valence-corrected chi connectivity index (χ3v) is 6.71. The number of aliphatic hydroxyl groups excluding tert-OH is 1. The lowest BCUT2D eigenvalue weighted by molar-refractivity contribution is -0.140. The van der Waals surface area contributed by atoms with E-state index in [2.05, 4.69) is 4.90 Å². The number of thiophene rings is 1. The fourth-order valence-electron chi connectivity index (χ4n) is 4.11. The molecule has 2 aliphatic rings. The molecule has 0 saturated carbocycles. The summed E-state index contributed by atoms with van der Waals surface area (Å²) in [6.45, 7) is 5.88. The van der Waals surface area contributed by atoms with Crippen molar-refractivity contribution in [1.82, 2.24) is 9.80 Å². The van der Waals surface area contributed by atoms with Crippen LogP contribution in [0.5, 0.6) is 5.75 Å². The summed E-state index contributed by atoms with van der Waals surface area (Å²) in [6.07, 6.45) is 0. The van der Waals surface area contributed by atoms with Gasteiger partial charge in [-0.1, -0.05) is 6.07 Å². The minimum absolute atomic E-state index is 0.138. The highest BCUT2D eigenvalue weighted by molar-refractivity contribution is 7.10. The van der Waals surface area contributed by atoms with E-state index in [-0.39, 0.29) is 11.3 Å². The summed E-state index contributed by atoms with van der Waals surface area (Å²) in [6, 6.07) is 8.41. The number of hydrogen-bond donors (Lipinski definition) is 1. The maximum Gasteiger partial charge on any atom is 0.295 e. The number of amides is 1. The number of aliphatic hydroxyl groups is 1. The number of nitrogens with zero attached hydrogens (tertiary/aromatic N) is 2. The van der Waals surface area contributed by atoms with Crippen LogP contribution in [0.25, 0.3) is 5.76 Å². The van der Waals surface area contributed by atoms with Crippen LogP contribution in [0.2, 0.25) is 0 Å². The molecule has 31 heavy (non-hydrogen) atoms. The molecule has 1 atom stereocenters. The van der Waals surface area contributed by atoms with Gasteiger partial charge in [0.1, 0.15) is 11.5 Å². The summed E-state index contributed by atoms with van der Waals surface area (Å²) < 4.78 is 10.7. The van der Waals surface area contributed by atoms with Crippen molar-refractivity contribution >= 4 is 28.8 Å². The van der Waals surface area contributed by atoms with Crippen LogP contribution in [0, 0.1) is 6.92 Å². The summed E-state index contributed by atoms with van der Waals surface area (Å²) in [5.41, 5.74) is 1.46. The van der Waals surface area contributed by atoms with Crippen molar-refractivity contribution in [3.05, 3.63) is 57.3 Å². The normalized spacial score (nSPS) is 21.6. The number of carbonyl (C=O) groups is 2. The number of ketones is 1. The summed E-state index contributed by atoms with van der Waals surface area (Å²) in [4.78, 5) is 30.7. The fourth-order valence-corrected chi connectivity index (χ4v) is 4.95. The van der Waals surface area contributed by atoms with Gasteiger partial charge in [0.2, 0.25) is 0 Å². The van der Waals surface area contributed by atoms with Gasteiger partial charge in [-0.3, -0.25) is 14.5 Å². The van der Waals surface area contributed by atoms with Gasteiger partial charge in [-0.15, -0.1) is 11.3 Å². The first-order valence-corrected chi connectivity index (χ1v) is 11.2. The Morgan fingerprint density at radius 1 is 1.23 bits per heavy atom. The van der Waals surface area contributed by atoms with Gasteiger partial charge >= 0.3 is 0 Å². The molecule has 2 fully saturated rings. The molecule has 164 valence electrons. The highest BCUT2D eigenvalue weighted by Crippen LogP contribution is 2.41. The molecule has 2 aromatic rings. The summed E-state index contributed by atoms with van der Waals surface area (Å²) in [5.74, 6) is -0.682. The molecule has 2 aliphatic heterocycles. The summed E-state index contributed by atoms with van der Waals surface area (Å²) in [7, 11) is 1.58. The maximum atomic E-state index is 13.0. The molecular formula is C23H26N2O5S. The Morgan fingerprint density at radius 2 is 2.00 bits per heavy atom. The molecule has 1 unspecified atom stereocenters. The number of hydrogen-bond acceptors (Lipinski definition) is 7. The number of Topliss-reactive ketones (excluding diaryl/α,β-unsaturated/α-hetero) is 1. The Balaban J connectivity index is 1.70. The van der Waals surface area contributed by atoms with Crippen molar-refractivity contribution in [1.29, 1.82) is 0 Å². The fraction of sp³-hybridized carbons (Fsp3) is 0.391. The van der Waals surface area contributed by atoms with Crippen molar-refractivity contribution in [2.24, 2.45) is 0 Å². The van der Waals surface area contributed by atoms with Crippen LogP contribution in [-0.2, 0) is 14.3 Å². The van der Waals surface area contributed by atoms with Gasteiger partial charge in [0, 0.05) is 36.6 Å². The zero-order valence-electron chi connectivity index (χ0n) is 17.7. The molecule has 4 rings (SSSR count). The quantitative estimate of drug-likeness (QED) is 0.421. The third kappa shape index (κ3) is 4.23. The van der Waals surface area contributed by atoms with Gasteiger partial charge in [0.25, 0.3) is 11.7 Å². The summed E-state index contributed by atoms with van der Waals surface area (Å²) in [5, 5.41) is 13.0. The lowest BCUT2D eigenvalue weighted by Gasteiger charge is -2.30. The highest BCUT2D eigenvalue weighted by atomic mass is 32.1. The van der Waals surface area contributed by atoms with E-state index in [1.165, 1.54) is 11.3 Å². The predicted octanol–water partition coefficient (Wildman–Crippen LogP) is 2.82. The number of morpholine rings is 1. The molecule has 8 heteroatoms. The lowest BCUT2D eigenvalue weighted by atomic mass is 9.99. The molecule has 3 heterocycles. The van der Waals surface area contributed by atoms with Crippen LogP contribution >= 0.6 is 11.3 Å². The summed E-state index contributed by atoms with van der Waals surface area (Å²) >= 11 is 1.47. The monoisotopic (exact) mass is 442 g/mol. The van der Waals surface area contributed by atoms with Crippen molar-refractivity contribution in [3.63, 3.8) is 0 Å². The largest absolute Gasteiger partial charge is 0.507 e. The molecule has 0 radical (unpaired) electrons. The Bertz CT molecular complexity index is 995. The molecule has 1 amide bonds. The average Bonchev–Trinajstić information content (AvgIpc) is 3.40. The van der Waals surface area contributed by atoms with Gasteiger partial charge in [0.15, 0.2) is 0 Å². The smallest absolute Gasteiger partial charge is 0.295 e. The molecule has 0 aliphatic carbocycles.